The minimum Gasteiger partial charge on any atom is -0.432 e. The van der Waals surface area contributed by atoms with E-state index >= 15 is 0 Å². The molecule has 0 saturated heterocycles. The molecule has 3 heteroatoms. The predicted molar refractivity (Wildman–Crippen MR) is 60.5 cm³/mol. The molecule has 80 valence electrons. The van der Waals surface area contributed by atoms with Crippen LogP contribution in [0.15, 0.2) is 31.0 Å². The highest BCUT2D eigenvalue weighted by Crippen LogP contribution is 2.16. The third-order valence-corrected chi connectivity index (χ3v) is 2.06. The number of nitrogen functional groups attached to an aromatic ring is 1. The second-order valence-electron chi connectivity index (χ2n) is 3.24. The van der Waals surface area contributed by atoms with Gasteiger partial charge in [-0.05, 0) is 30.2 Å². The molecule has 0 saturated carbocycles. The number of hydrogen-bond donors (Lipinski definition) is 1. The average Bonchev–Trinajstić information content (AvgIpc) is 2.18. The zero-order valence-electron chi connectivity index (χ0n) is 8.82. The van der Waals surface area contributed by atoms with Crippen LogP contribution in [0.2, 0.25) is 0 Å². The van der Waals surface area contributed by atoms with Gasteiger partial charge in [-0.1, -0.05) is 19.9 Å². The van der Waals surface area contributed by atoms with E-state index in [0.29, 0.717) is 11.3 Å². The number of carbonyl (C=O) groups excluding carboxylic acids is 1. The van der Waals surface area contributed by atoms with Crippen molar-refractivity contribution in [3.8, 4) is 0 Å². The lowest BCUT2D eigenvalue weighted by Gasteiger charge is -2.07. The summed E-state index contributed by atoms with van der Waals surface area (Å²) in [4.78, 5) is 11.5. The van der Waals surface area contributed by atoms with Gasteiger partial charge in [-0.25, -0.2) is 4.79 Å². The van der Waals surface area contributed by atoms with E-state index in [4.69, 9.17) is 10.5 Å². The zero-order chi connectivity index (χ0) is 11.3. The second-order valence-corrected chi connectivity index (χ2v) is 3.24. The van der Waals surface area contributed by atoms with Crippen molar-refractivity contribution in [2.45, 2.75) is 19.8 Å². The van der Waals surface area contributed by atoms with Gasteiger partial charge in [0.05, 0.1) is 11.8 Å². The standard InChI is InChI=1S/C12H15NO2/c1-3-5-9-8-10(13)6-7-11(9)12(14)15-4-2/h4,6-8H,2-3,5,13H2,1H3. The zero-order valence-corrected chi connectivity index (χ0v) is 8.82. The molecule has 0 unspecified atom stereocenters. The lowest BCUT2D eigenvalue weighted by Crippen LogP contribution is -2.05. The van der Waals surface area contributed by atoms with Gasteiger partial charge in [-0.15, -0.1) is 0 Å². The van der Waals surface area contributed by atoms with Gasteiger partial charge < -0.3 is 10.5 Å². The van der Waals surface area contributed by atoms with E-state index in [0.717, 1.165) is 24.7 Å². The maximum Gasteiger partial charge on any atom is 0.343 e. The summed E-state index contributed by atoms with van der Waals surface area (Å²) in [6.45, 7) is 5.40. The minimum atomic E-state index is -0.381. The number of hydrogen-bond acceptors (Lipinski definition) is 3. The number of aryl methyl sites for hydroxylation is 1. The Labute approximate surface area is 89.5 Å². The molecule has 0 aromatic heterocycles. The van der Waals surface area contributed by atoms with Crippen LogP contribution in [-0.4, -0.2) is 5.97 Å². The van der Waals surface area contributed by atoms with Gasteiger partial charge in [0.1, 0.15) is 0 Å². The Balaban J connectivity index is 3.04. The van der Waals surface area contributed by atoms with Crippen LogP contribution < -0.4 is 5.73 Å². The summed E-state index contributed by atoms with van der Waals surface area (Å²) in [5.74, 6) is -0.381. The molecule has 0 bridgehead atoms. The highest BCUT2D eigenvalue weighted by atomic mass is 16.5. The molecule has 15 heavy (non-hydrogen) atoms. The van der Waals surface area contributed by atoms with Crippen molar-refractivity contribution >= 4 is 11.7 Å². The summed E-state index contributed by atoms with van der Waals surface area (Å²) >= 11 is 0. The van der Waals surface area contributed by atoms with Gasteiger partial charge in [0.2, 0.25) is 0 Å². The molecule has 0 aliphatic heterocycles. The Hall–Kier alpha value is -1.77. The van der Waals surface area contributed by atoms with Crippen LogP contribution >= 0.6 is 0 Å². The third-order valence-electron chi connectivity index (χ3n) is 2.06. The van der Waals surface area contributed by atoms with Crippen molar-refractivity contribution in [2.75, 3.05) is 5.73 Å². The van der Waals surface area contributed by atoms with Crippen LogP contribution in [0.1, 0.15) is 29.3 Å². The van der Waals surface area contributed by atoms with Gasteiger partial charge in [0.15, 0.2) is 0 Å². The van der Waals surface area contributed by atoms with Crippen molar-refractivity contribution in [1.29, 1.82) is 0 Å². The summed E-state index contributed by atoms with van der Waals surface area (Å²) in [7, 11) is 0. The third kappa shape index (κ3) is 2.84. The largest absolute Gasteiger partial charge is 0.432 e. The number of carbonyl (C=O) groups is 1. The monoisotopic (exact) mass is 205 g/mol. The smallest absolute Gasteiger partial charge is 0.343 e. The first-order chi connectivity index (χ1) is 7.19. The first-order valence-electron chi connectivity index (χ1n) is 4.89. The average molecular weight is 205 g/mol. The second kappa shape index (κ2) is 5.20. The Morgan fingerprint density at radius 2 is 2.33 bits per heavy atom. The number of benzene rings is 1. The van der Waals surface area contributed by atoms with Crippen molar-refractivity contribution in [2.24, 2.45) is 0 Å². The molecule has 0 amide bonds. The van der Waals surface area contributed by atoms with Crippen LogP contribution in [0.4, 0.5) is 5.69 Å². The molecule has 1 rings (SSSR count). The molecule has 0 aliphatic rings. The van der Waals surface area contributed by atoms with E-state index in [1.54, 1.807) is 12.1 Å². The normalized spacial score (nSPS) is 9.67. The van der Waals surface area contributed by atoms with Crippen LogP contribution in [0.25, 0.3) is 0 Å². The lowest BCUT2D eigenvalue weighted by atomic mass is 10.0. The summed E-state index contributed by atoms with van der Waals surface area (Å²) in [5.41, 5.74) is 7.80. The van der Waals surface area contributed by atoms with E-state index in [9.17, 15) is 4.79 Å². The highest BCUT2D eigenvalue weighted by Gasteiger charge is 2.11. The summed E-state index contributed by atoms with van der Waals surface area (Å²) < 4.78 is 4.74. The number of anilines is 1. The number of ether oxygens (including phenoxy) is 1. The molecule has 0 radical (unpaired) electrons. The molecule has 0 fully saturated rings. The topological polar surface area (TPSA) is 52.3 Å². The van der Waals surface area contributed by atoms with E-state index in [-0.39, 0.29) is 5.97 Å². The molecule has 2 N–H and O–H groups in total. The van der Waals surface area contributed by atoms with Gasteiger partial charge in [0.25, 0.3) is 0 Å². The molecule has 1 aromatic rings. The number of rotatable bonds is 4. The first-order valence-corrected chi connectivity index (χ1v) is 4.89. The van der Waals surface area contributed by atoms with Crippen LogP contribution in [0.3, 0.4) is 0 Å². The SMILES string of the molecule is C=COC(=O)c1ccc(N)cc1CCC. The molecule has 0 atom stereocenters. The summed E-state index contributed by atoms with van der Waals surface area (Å²) in [6, 6.07) is 5.19. The van der Waals surface area contributed by atoms with E-state index in [2.05, 4.69) is 6.58 Å². The Morgan fingerprint density at radius 1 is 1.60 bits per heavy atom. The van der Waals surface area contributed by atoms with Crippen LogP contribution in [-0.2, 0) is 11.2 Å². The van der Waals surface area contributed by atoms with E-state index in [1.165, 1.54) is 0 Å². The first kappa shape index (κ1) is 11.3. The van der Waals surface area contributed by atoms with Crippen LogP contribution in [0.5, 0.6) is 0 Å². The summed E-state index contributed by atoms with van der Waals surface area (Å²) in [6.07, 6.45) is 2.90. The lowest BCUT2D eigenvalue weighted by molar-refractivity contribution is 0.0663. The molecule has 0 heterocycles. The minimum absolute atomic E-state index is 0.381. The fourth-order valence-electron chi connectivity index (χ4n) is 1.43. The van der Waals surface area contributed by atoms with Crippen molar-refractivity contribution in [1.82, 2.24) is 0 Å². The maximum absolute atomic E-state index is 11.5. The van der Waals surface area contributed by atoms with Crippen molar-refractivity contribution in [3.63, 3.8) is 0 Å². The van der Waals surface area contributed by atoms with Gasteiger partial charge in [-0.3, -0.25) is 0 Å². The fraction of sp³-hybridized carbons (Fsp3) is 0.250. The van der Waals surface area contributed by atoms with Crippen LogP contribution in [0, 0.1) is 0 Å². The molecular weight excluding hydrogens is 190 g/mol. The maximum atomic E-state index is 11.5. The predicted octanol–water partition coefficient (Wildman–Crippen LogP) is 2.52. The number of esters is 1. The quantitative estimate of drug-likeness (QED) is 0.467. The number of nitrogens with two attached hydrogens (primary N) is 1. The molecular formula is C12H15NO2. The van der Waals surface area contributed by atoms with Gasteiger partial charge >= 0.3 is 5.97 Å². The molecule has 0 aliphatic carbocycles. The molecule has 1 aromatic carbocycles. The van der Waals surface area contributed by atoms with Crippen molar-refractivity contribution in [3.05, 3.63) is 42.2 Å². The van der Waals surface area contributed by atoms with Gasteiger partial charge in [-0.2, -0.15) is 0 Å². The van der Waals surface area contributed by atoms with E-state index < -0.39 is 0 Å². The molecule has 0 spiro atoms. The highest BCUT2D eigenvalue weighted by molar-refractivity contribution is 5.92. The Bertz CT molecular complexity index is 372. The Morgan fingerprint density at radius 3 is 2.93 bits per heavy atom. The van der Waals surface area contributed by atoms with Gasteiger partial charge in [0, 0.05) is 5.69 Å². The van der Waals surface area contributed by atoms with Crippen molar-refractivity contribution < 1.29 is 9.53 Å². The Kier molecular flexibility index (Phi) is 3.92. The molecule has 3 nitrogen and oxygen atoms in total. The summed E-state index contributed by atoms with van der Waals surface area (Å²) in [5, 5.41) is 0. The van der Waals surface area contributed by atoms with E-state index in [1.807, 2.05) is 13.0 Å². The fourth-order valence-corrected chi connectivity index (χ4v) is 1.43.